The Morgan fingerprint density at radius 1 is 1.12 bits per heavy atom. The summed E-state index contributed by atoms with van der Waals surface area (Å²) in [6, 6.07) is 6.60. The zero-order valence-electron chi connectivity index (χ0n) is 15.0. The Morgan fingerprint density at radius 3 is 2.75 bits per heavy atom. The fraction of sp³-hybridized carbons (Fsp3) is 0.600. The first kappa shape index (κ1) is 17.3. The minimum Gasteiger partial charge on any atom is -0.381 e. The fourth-order valence-corrected chi connectivity index (χ4v) is 3.97. The highest BCUT2D eigenvalue weighted by Crippen LogP contribution is 2.32. The number of nitrogens with zero attached hydrogens (tertiary/aromatic N) is 2. The van der Waals surface area contributed by atoms with Gasteiger partial charge in [0.05, 0.1) is 23.4 Å². The Morgan fingerprint density at radius 2 is 2.00 bits per heavy atom. The molecule has 0 radical (unpaired) electrons. The summed E-state index contributed by atoms with van der Waals surface area (Å²) in [7, 11) is 3.66. The highest BCUT2D eigenvalue weighted by Gasteiger charge is 2.30. The van der Waals surface area contributed by atoms with E-state index in [0.29, 0.717) is 18.1 Å². The Bertz CT molecular complexity index is 674. The second kappa shape index (κ2) is 8.04. The van der Waals surface area contributed by atoms with Crippen molar-refractivity contribution in [2.24, 2.45) is 5.92 Å². The minimum atomic E-state index is 0.367. The molecule has 2 aromatic rings. The van der Waals surface area contributed by atoms with Crippen LogP contribution >= 0.6 is 0 Å². The van der Waals surface area contributed by atoms with Crippen LogP contribution in [0, 0.1) is 5.92 Å². The molecule has 1 aliphatic rings. The number of hydrogen-bond donors (Lipinski definition) is 0. The van der Waals surface area contributed by atoms with Gasteiger partial charge in [-0.05, 0) is 62.1 Å². The molecular weight excluding hydrogens is 300 g/mol. The van der Waals surface area contributed by atoms with Crippen molar-refractivity contribution in [2.75, 3.05) is 14.2 Å². The summed E-state index contributed by atoms with van der Waals surface area (Å²) < 4.78 is 11.3. The summed E-state index contributed by atoms with van der Waals surface area (Å²) in [5, 5.41) is 1.19. The van der Waals surface area contributed by atoms with Crippen molar-refractivity contribution in [3.8, 4) is 0 Å². The Labute approximate surface area is 144 Å². The molecule has 1 saturated carbocycles. The van der Waals surface area contributed by atoms with Gasteiger partial charge < -0.3 is 9.47 Å². The molecule has 0 bridgehead atoms. The maximum atomic E-state index is 5.72. The maximum absolute atomic E-state index is 5.72. The summed E-state index contributed by atoms with van der Waals surface area (Å²) in [6.45, 7) is 2.14. The van der Waals surface area contributed by atoms with Crippen LogP contribution in [0.15, 0.2) is 24.5 Å². The number of benzene rings is 1. The molecule has 3 atom stereocenters. The van der Waals surface area contributed by atoms with E-state index in [-0.39, 0.29) is 0 Å². The van der Waals surface area contributed by atoms with Crippen molar-refractivity contribution in [3.63, 3.8) is 0 Å². The number of aromatic nitrogens is 2. The third-order valence-electron chi connectivity index (χ3n) is 5.42. The van der Waals surface area contributed by atoms with Gasteiger partial charge in [0.2, 0.25) is 0 Å². The lowest BCUT2D eigenvalue weighted by molar-refractivity contribution is -0.0363. The molecule has 130 valence electrons. The van der Waals surface area contributed by atoms with E-state index in [4.69, 9.17) is 9.47 Å². The molecule has 1 aromatic carbocycles. The molecule has 1 aromatic heterocycles. The van der Waals surface area contributed by atoms with Gasteiger partial charge in [-0.1, -0.05) is 13.0 Å². The van der Waals surface area contributed by atoms with Gasteiger partial charge in [-0.25, -0.2) is 9.97 Å². The van der Waals surface area contributed by atoms with E-state index < -0.39 is 0 Å². The monoisotopic (exact) mass is 328 g/mol. The minimum absolute atomic E-state index is 0.367. The molecule has 1 heterocycles. The number of aryl methyl sites for hydroxylation is 2. The summed E-state index contributed by atoms with van der Waals surface area (Å²) in [5.41, 5.74) is 3.53. The van der Waals surface area contributed by atoms with Crippen LogP contribution in [0.5, 0.6) is 0 Å². The van der Waals surface area contributed by atoms with Gasteiger partial charge in [-0.3, -0.25) is 0 Å². The summed E-state index contributed by atoms with van der Waals surface area (Å²) in [6.07, 6.45) is 8.87. The first-order valence-electron chi connectivity index (χ1n) is 9.03. The number of rotatable bonds is 6. The molecule has 0 N–H and O–H groups in total. The number of hydrogen-bond acceptors (Lipinski definition) is 4. The third kappa shape index (κ3) is 3.76. The van der Waals surface area contributed by atoms with Crippen LogP contribution in [0.4, 0.5) is 0 Å². The van der Waals surface area contributed by atoms with Crippen molar-refractivity contribution in [1.29, 1.82) is 0 Å². The zero-order valence-corrected chi connectivity index (χ0v) is 15.0. The van der Waals surface area contributed by atoms with Crippen molar-refractivity contribution in [3.05, 3.63) is 35.8 Å². The van der Waals surface area contributed by atoms with E-state index in [1.807, 2.05) is 14.2 Å². The molecule has 0 saturated heterocycles. The lowest BCUT2D eigenvalue weighted by Crippen LogP contribution is -2.34. The quantitative estimate of drug-likeness (QED) is 0.805. The molecule has 0 amide bonds. The number of ether oxygens (including phenoxy) is 2. The van der Waals surface area contributed by atoms with Crippen LogP contribution in [-0.4, -0.2) is 36.4 Å². The van der Waals surface area contributed by atoms with E-state index in [9.17, 15) is 0 Å². The van der Waals surface area contributed by atoms with Crippen LogP contribution in [0.1, 0.15) is 43.9 Å². The van der Waals surface area contributed by atoms with Gasteiger partial charge in [-0.15, -0.1) is 0 Å². The standard InChI is InChI=1S/C20H28N2O2/c1-4-18-17-11-14(6-9-19(17)22-13-21-18)5-7-15-12-16(23-2)8-10-20(15)24-3/h6,9,11,13,15-16,20H,4-5,7-8,10,12H2,1-3H3. The molecule has 4 nitrogen and oxygen atoms in total. The molecular formula is C20H28N2O2. The summed E-state index contributed by atoms with van der Waals surface area (Å²) >= 11 is 0. The molecule has 0 aliphatic heterocycles. The van der Waals surface area contributed by atoms with Gasteiger partial charge in [0.15, 0.2) is 0 Å². The number of fused-ring (bicyclic) bond motifs is 1. The molecule has 24 heavy (non-hydrogen) atoms. The van der Waals surface area contributed by atoms with Gasteiger partial charge in [0, 0.05) is 19.6 Å². The smallest absolute Gasteiger partial charge is 0.116 e. The van der Waals surface area contributed by atoms with Crippen molar-refractivity contribution >= 4 is 10.9 Å². The first-order valence-corrected chi connectivity index (χ1v) is 9.03. The largest absolute Gasteiger partial charge is 0.381 e. The van der Waals surface area contributed by atoms with Gasteiger partial charge in [0.1, 0.15) is 6.33 Å². The van der Waals surface area contributed by atoms with Crippen molar-refractivity contribution < 1.29 is 9.47 Å². The topological polar surface area (TPSA) is 44.2 Å². The van der Waals surface area contributed by atoms with Crippen LogP contribution in [0.2, 0.25) is 0 Å². The van der Waals surface area contributed by atoms with Crippen LogP contribution in [0.3, 0.4) is 0 Å². The van der Waals surface area contributed by atoms with Crippen LogP contribution in [-0.2, 0) is 22.3 Å². The van der Waals surface area contributed by atoms with Crippen molar-refractivity contribution in [2.45, 2.75) is 57.7 Å². The van der Waals surface area contributed by atoms with E-state index in [0.717, 1.165) is 49.7 Å². The average Bonchev–Trinajstić information content (AvgIpc) is 2.65. The second-order valence-electron chi connectivity index (χ2n) is 6.77. The van der Waals surface area contributed by atoms with Gasteiger partial charge in [-0.2, -0.15) is 0 Å². The second-order valence-corrected chi connectivity index (χ2v) is 6.77. The SMILES string of the molecule is CCc1ncnc2ccc(CCC3CC(OC)CCC3OC)cc12. The number of methoxy groups -OCH3 is 2. The fourth-order valence-electron chi connectivity index (χ4n) is 3.97. The lowest BCUT2D eigenvalue weighted by Gasteiger charge is -2.34. The Balaban J connectivity index is 1.72. The normalized spacial score (nSPS) is 24.4. The van der Waals surface area contributed by atoms with Gasteiger partial charge >= 0.3 is 0 Å². The van der Waals surface area contributed by atoms with Crippen LogP contribution in [0.25, 0.3) is 10.9 Å². The summed E-state index contributed by atoms with van der Waals surface area (Å²) in [5.74, 6) is 0.571. The van der Waals surface area contributed by atoms with E-state index in [1.165, 1.54) is 10.9 Å². The molecule has 1 fully saturated rings. The highest BCUT2D eigenvalue weighted by atomic mass is 16.5. The first-order chi connectivity index (χ1) is 11.7. The van der Waals surface area contributed by atoms with E-state index >= 15 is 0 Å². The Kier molecular flexibility index (Phi) is 5.80. The molecule has 3 rings (SSSR count). The lowest BCUT2D eigenvalue weighted by atomic mass is 9.81. The van der Waals surface area contributed by atoms with E-state index in [2.05, 4.69) is 35.1 Å². The highest BCUT2D eigenvalue weighted by molar-refractivity contribution is 5.81. The van der Waals surface area contributed by atoms with Crippen LogP contribution < -0.4 is 0 Å². The average molecular weight is 328 g/mol. The zero-order chi connectivity index (χ0) is 16.9. The molecule has 0 spiro atoms. The predicted octanol–water partition coefficient (Wildman–Crippen LogP) is 3.95. The molecule has 4 heteroatoms. The third-order valence-corrected chi connectivity index (χ3v) is 5.42. The predicted molar refractivity (Wildman–Crippen MR) is 96.2 cm³/mol. The maximum Gasteiger partial charge on any atom is 0.116 e. The Hall–Kier alpha value is -1.52. The molecule has 3 unspecified atom stereocenters. The molecule has 1 aliphatic carbocycles. The van der Waals surface area contributed by atoms with E-state index in [1.54, 1.807) is 6.33 Å². The van der Waals surface area contributed by atoms with Gasteiger partial charge in [0.25, 0.3) is 0 Å². The van der Waals surface area contributed by atoms with Crippen molar-refractivity contribution in [1.82, 2.24) is 9.97 Å². The summed E-state index contributed by atoms with van der Waals surface area (Å²) in [4.78, 5) is 8.79.